The number of para-hydroxylation sites is 1. The van der Waals surface area contributed by atoms with E-state index in [1.54, 1.807) is 6.33 Å². The van der Waals surface area contributed by atoms with Crippen LogP contribution in [0.15, 0.2) is 36.9 Å². The van der Waals surface area contributed by atoms with E-state index < -0.39 is 0 Å². The van der Waals surface area contributed by atoms with Gasteiger partial charge in [-0.1, -0.05) is 18.2 Å². The van der Waals surface area contributed by atoms with E-state index >= 15 is 0 Å². The molecule has 0 unspecified atom stereocenters. The molecule has 1 aromatic carbocycles. The van der Waals surface area contributed by atoms with Crippen LogP contribution in [0.5, 0.6) is 0 Å². The molecule has 4 heterocycles. The Morgan fingerprint density at radius 2 is 1.83 bits per heavy atom. The lowest BCUT2D eigenvalue weighted by Crippen LogP contribution is -2.37. The molecule has 9 nitrogen and oxygen atoms in total. The first-order chi connectivity index (χ1) is 14.8. The van der Waals surface area contributed by atoms with Gasteiger partial charge in [0.05, 0.1) is 30.8 Å². The topological polar surface area (TPSA) is 108 Å². The fourth-order valence-corrected chi connectivity index (χ4v) is 4.58. The molecule has 0 atom stereocenters. The van der Waals surface area contributed by atoms with Crippen molar-refractivity contribution < 1.29 is 4.74 Å². The van der Waals surface area contributed by atoms with Crippen LogP contribution in [0.1, 0.15) is 30.5 Å². The van der Waals surface area contributed by atoms with Crippen molar-refractivity contribution in [2.45, 2.75) is 24.8 Å². The minimum Gasteiger partial charge on any atom is -0.378 e. The summed E-state index contributed by atoms with van der Waals surface area (Å²) in [6.45, 7) is 3.08. The van der Waals surface area contributed by atoms with Crippen molar-refractivity contribution in [3.63, 3.8) is 0 Å². The fourth-order valence-electron chi connectivity index (χ4n) is 4.58. The summed E-state index contributed by atoms with van der Waals surface area (Å²) in [5.41, 5.74) is 9.66. The molecular formula is C21H22N8O. The second-order valence-electron chi connectivity index (χ2n) is 7.93. The molecule has 1 saturated heterocycles. The lowest BCUT2D eigenvalue weighted by atomic mass is 9.77. The van der Waals surface area contributed by atoms with Crippen molar-refractivity contribution in [1.29, 1.82) is 0 Å². The van der Waals surface area contributed by atoms with Crippen LogP contribution in [-0.2, 0) is 4.74 Å². The number of nitrogen functional groups attached to an aromatic ring is 1. The maximum atomic E-state index is 5.96. The van der Waals surface area contributed by atoms with Crippen LogP contribution in [0.2, 0.25) is 0 Å². The predicted molar refractivity (Wildman–Crippen MR) is 113 cm³/mol. The SMILES string of the molecule is Nc1nc(C2CC(n3cnc4c(N5CCOCC5)ncnc43)C2)c2ccccc2n1. The predicted octanol–water partition coefficient (Wildman–Crippen LogP) is 2.31. The maximum absolute atomic E-state index is 5.96. The second-order valence-corrected chi connectivity index (χ2v) is 7.93. The molecule has 1 saturated carbocycles. The quantitative estimate of drug-likeness (QED) is 0.556. The first-order valence-electron chi connectivity index (χ1n) is 10.3. The first-order valence-corrected chi connectivity index (χ1v) is 10.3. The molecule has 0 bridgehead atoms. The standard InChI is InChI=1S/C21H22N8O/c22-21-26-16-4-2-1-3-15(16)17(27-21)13-9-14(10-13)29-12-25-18-19(23-11-24-20(18)29)28-5-7-30-8-6-28/h1-4,11-14H,5-10H2,(H2,22,26,27). The number of nitrogens with two attached hydrogens (primary N) is 1. The lowest BCUT2D eigenvalue weighted by molar-refractivity contribution is 0.122. The Morgan fingerprint density at radius 1 is 1.00 bits per heavy atom. The minimum atomic E-state index is 0.336. The highest BCUT2D eigenvalue weighted by Crippen LogP contribution is 2.46. The van der Waals surface area contributed by atoms with Gasteiger partial charge >= 0.3 is 0 Å². The van der Waals surface area contributed by atoms with E-state index in [-0.39, 0.29) is 0 Å². The molecular weight excluding hydrogens is 380 g/mol. The number of ether oxygens (including phenoxy) is 1. The Balaban J connectivity index is 1.29. The van der Waals surface area contributed by atoms with Gasteiger partial charge in [0.1, 0.15) is 6.33 Å². The third kappa shape index (κ3) is 2.77. The average Bonchev–Trinajstić information content (AvgIpc) is 3.17. The largest absolute Gasteiger partial charge is 0.378 e. The number of imidazole rings is 1. The van der Waals surface area contributed by atoms with Gasteiger partial charge in [0.15, 0.2) is 17.0 Å². The fraction of sp³-hybridized carbons (Fsp3) is 0.381. The van der Waals surface area contributed by atoms with Crippen molar-refractivity contribution in [1.82, 2.24) is 29.5 Å². The zero-order chi connectivity index (χ0) is 20.1. The van der Waals surface area contributed by atoms with E-state index in [0.29, 0.717) is 31.1 Å². The van der Waals surface area contributed by atoms with E-state index in [4.69, 9.17) is 10.5 Å². The number of rotatable bonds is 3. The molecule has 0 amide bonds. The van der Waals surface area contributed by atoms with Crippen molar-refractivity contribution in [3.05, 3.63) is 42.6 Å². The Hall–Kier alpha value is -3.33. The molecule has 9 heteroatoms. The summed E-state index contributed by atoms with van der Waals surface area (Å²) < 4.78 is 7.65. The molecule has 30 heavy (non-hydrogen) atoms. The van der Waals surface area contributed by atoms with Crippen LogP contribution < -0.4 is 10.6 Å². The summed E-state index contributed by atoms with van der Waals surface area (Å²) in [6, 6.07) is 8.40. The molecule has 0 spiro atoms. The molecule has 2 aliphatic rings. The molecule has 0 radical (unpaired) electrons. The highest BCUT2D eigenvalue weighted by atomic mass is 16.5. The number of aromatic nitrogens is 6. The summed E-state index contributed by atoms with van der Waals surface area (Å²) in [4.78, 5) is 24.9. The number of benzene rings is 1. The van der Waals surface area contributed by atoms with Crippen molar-refractivity contribution in [3.8, 4) is 0 Å². The Labute approximate surface area is 172 Å². The molecule has 2 N–H and O–H groups in total. The van der Waals surface area contributed by atoms with Crippen LogP contribution in [0.3, 0.4) is 0 Å². The molecule has 1 aliphatic carbocycles. The van der Waals surface area contributed by atoms with Gasteiger partial charge in [0, 0.05) is 30.4 Å². The van der Waals surface area contributed by atoms with Crippen LogP contribution in [0, 0.1) is 0 Å². The maximum Gasteiger partial charge on any atom is 0.220 e. The number of fused-ring (bicyclic) bond motifs is 2. The van der Waals surface area contributed by atoms with Gasteiger partial charge in [-0.2, -0.15) is 0 Å². The van der Waals surface area contributed by atoms with E-state index in [0.717, 1.165) is 59.5 Å². The summed E-state index contributed by atoms with van der Waals surface area (Å²) in [7, 11) is 0. The summed E-state index contributed by atoms with van der Waals surface area (Å²) in [5, 5.41) is 1.09. The normalized spacial score (nSPS) is 21.8. The second kappa shape index (κ2) is 6.88. The van der Waals surface area contributed by atoms with Gasteiger partial charge in [0.25, 0.3) is 0 Å². The number of hydrogen-bond donors (Lipinski definition) is 1. The van der Waals surface area contributed by atoms with Crippen LogP contribution in [-0.4, -0.2) is 55.8 Å². The number of nitrogens with zero attached hydrogens (tertiary/aromatic N) is 7. The number of anilines is 2. The van der Waals surface area contributed by atoms with Gasteiger partial charge < -0.3 is 19.9 Å². The van der Waals surface area contributed by atoms with Gasteiger partial charge in [-0.05, 0) is 18.9 Å². The van der Waals surface area contributed by atoms with Gasteiger partial charge in [-0.25, -0.2) is 24.9 Å². The Bertz CT molecular complexity index is 1230. The average molecular weight is 402 g/mol. The Kier molecular flexibility index (Phi) is 4.02. The molecule has 6 rings (SSSR count). The van der Waals surface area contributed by atoms with E-state index in [1.165, 1.54) is 0 Å². The monoisotopic (exact) mass is 402 g/mol. The summed E-state index contributed by atoms with van der Waals surface area (Å²) in [6.07, 6.45) is 5.49. The molecule has 2 fully saturated rings. The first kappa shape index (κ1) is 17.5. The van der Waals surface area contributed by atoms with Gasteiger partial charge in [-0.3, -0.25) is 0 Å². The number of morpholine rings is 1. The summed E-state index contributed by atoms with van der Waals surface area (Å²) >= 11 is 0. The zero-order valence-corrected chi connectivity index (χ0v) is 16.5. The minimum absolute atomic E-state index is 0.336. The highest BCUT2D eigenvalue weighted by molar-refractivity contribution is 5.84. The zero-order valence-electron chi connectivity index (χ0n) is 16.5. The lowest BCUT2D eigenvalue weighted by Gasteiger charge is -2.36. The van der Waals surface area contributed by atoms with Gasteiger partial charge in [0.2, 0.25) is 5.95 Å². The molecule has 1 aliphatic heterocycles. The third-order valence-electron chi connectivity index (χ3n) is 6.19. The van der Waals surface area contributed by atoms with E-state index in [1.807, 2.05) is 24.5 Å². The molecule has 3 aromatic heterocycles. The Morgan fingerprint density at radius 3 is 2.70 bits per heavy atom. The summed E-state index contributed by atoms with van der Waals surface area (Å²) in [5.74, 6) is 1.58. The smallest absolute Gasteiger partial charge is 0.220 e. The van der Waals surface area contributed by atoms with Crippen LogP contribution in [0.25, 0.3) is 22.1 Å². The van der Waals surface area contributed by atoms with Gasteiger partial charge in [-0.15, -0.1) is 0 Å². The molecule has 152 valence electrons. The van der Waals surface area contributed by atoms with Crippen LogP contribution in [0.4, 0.5) is 11.8 Å². The van der Waals surface area contributed by atoms with Crippen molar-refractivity contribution in [2.75, 3.05) is 36.9 Å². The van der Waals surface area contributed by atoms with Crippen molar-refractivity contribution >= 4 is 33.8 Å². The van der Waals surface area contributed by atoms with Crippen LogP contribution >= 0.6 is 0 Å². The van der Waals surface area contributed by atoms with Crippen molar-refractivity contribution in [2.24, 2.45) is 0 Å². The third-order valence-corrected chi connectivity index (χ3v) is 6.19. The highest BCUT2D eigenvalue weighted by Gasteiger charge is 2.35. The van der Waals surface area contributed by atoms with E-state index in [9.17, 15) is 0 Å². The molecule has 4 aromatic rings. The number of hydrogen-bond acceptors (Lipinski definition) is 8. The van der Waals surface area contributed by atoms with E-state index in [2.05, 4.69) is 40.5 Å².